The van der Waals surface area contributed by atoms with E-state index in [9.17, 15) is 4.79 Å². The minimum absolute atomic E-state index is 0.182. The standard InChI is InChI=1S/C12H15Cl2NO3/c1-8(2)6-18-15-12(16)7-17-11-5-9(13)3-4-10(11)14/h3-5,8H,6-7H2,1-2H3,(H,15,16). The zero-order valence-electron chi connectivity index (χ0n) is 10.2. The lowest BCUT2D eigenvalue weighted by Gasteiger charge is -2.10. The van der Waals surface area contributed by atoms with Gasteiger partial charge in [0, 0.05) is 11.1 Å². The Morgan fingerprint density at radius 3 is 2.78 bits per heavy atom. The van der Waals surface area contributed by atoms with E-state index in [1.54, 1.807) is 18.2 Å². The molecule has 0 saturated heterocycles. The highest BCUT2D eigenvalue weighted by Crippen LogP contribution is 2.27. The molecular formula is C12H15Cl2NO3. The van der Waals surface area contributed by atoms with Crippen LogP contribution in [-0.2, 0) is 9.63 Å². The first-order chi connectivity index (χ1) is 8.49. The van der Waals surface area contributed by atoms with Crippen LogP contribution in [0.1, 0.15) is 13.8 Å². The van der Waals surface area contributed by atoms with Gasteiger partial charge in [-0.05, 0) is 18.1 Å². The lowest BCUT2D eigenvalue weighted by atomic mass is 10.2. The van der Waals surface area contributed by atoms with E-state index in [0.717, 1.165) is 0 Å². The molecule has 1 aromatic rings. The molecule has 1 aromatic carbocycles. The lowest BCUT2D eigenvalue weighted by Crippen LogP contribution is -2.30. The molecule has 18 heavy (non-hydrogen) atoms. The van der Waals surface area contributed by atoms with Crippen molar-refractivity contribution in [1.29, 1.82) is 0 Å². The van der Waals surface area contributed by atoms with Gasteiger partial charge in [0.1, 0.15) is 5.75 Å². The summed E-state index contributed by atoms with van der Waals surface area (Å²) in [4.78, 5) is 16.3. The molecule has 0 fully saturated rings. The summed E-state index contributed by atoms with van der Waals surface area (Å²) in [5.41, 5.74) is 2.28. The molecule has 0 heterocycles. The molecule has 0 radical (unpaired) electrons. The highest BCUT2D eigenvalue weighted by Gasteiger charge is 2.07. The fraction of sp³-hybridized carbons (Fsp3) is 0.417. The Balaban J connectivity index is 2.36. The van der Waals surface area contributed by atoms with Gasteiger partial charge in [0.2, 0.25) is 0 Å². The quantitative estimate of drug-likeness (QED) is 0.820. The highest BCUT2D eigenvalue weighted by atomic mass is 35.5. The highest BCUT2D eigenvalue weighted by molar-refractivity contribution is 6.34. The molecule has 0 atom stereocenters. The second-order valence-corrected chi connectivity index (χ2v) is 4.94. The molecule has 0 aromatic heterocycles. The van der Waals surface area contributed by atoms with Crippen molar-refractivity contribution in [3.05, 3.63) is 28.2 Å². The van der Waals surface area contributed by atoms with Gasteiger partial charge in [0.15, 0.2) is 6.61 Å². The van der Waals surface area contributed by atoms with Crippen LogP contribution >= 0.6 is 23.2 Å². The number of carbonyl (C=O) groups excluding carboxylic acids is 1. The third kappa shape index (κ3) is 5.58. The summed E-state index contributed by atoms with van der Waals surface area (Å²) in [6.45, 7) is 4.23. The van der Waals surface area contributed by atoms with Crippen LogP contribution in [0.15, 0.2) is 18.2 Å². The Morgan fingerprint density at radius 1 is 1.39 bits per heavy atom. The molecule has 1 amide bonds. The number of hydroxylamine groups is 1. The van der Waals surface area contributed by atoms with Crippen LogP contribution in [0.5, 0.6) is 5.75 Å². The van der Waals surface area contributed by atoms with Crippen LogP contribution in [-0.4, -0.2) is 19.1 Å². The molecule has 0 bridgehead atoms. The molecule has 0 aliphatic carbocycles. The Kier molecular flexibility index (Phi) is 6.25. The number of hydrogen-bond donors (Lipinski definition) is 1. The van der Waals surface area contributed by atoms with E-state index >= 15 is 0 Å². The van der Waals surface area contributed by atoms with Crippen molar-refractivity contribution in [2.75, 3.05) is 13.2 Å². The summed E-state index contributed by atoms with van der Waals surface area (Å²) in [5.74, 6) is 0.323. The van der Waals surface area contributed by atoms with Crippen LogP contribution in [0.4, 0.5) is 0 Å². The average Bonchev–Trinajstić information content (AvgIpc) is 2.30. The fourth-order valence-corrected chi connectivity index (χ4v) is 1.38. The van der Waals surface area contributed by atoms with E-state index in [-0.39, 0.29) is 12.5 Å². The van der Waals surface area contributed by atoms with Crippen molar-refractivity contribution in [3.8, 4) is 5.75 Å². The minimum atomic E-state index is -0.383. The van der Waals surface area contributed by atoms with Crippen molar-refractivity contribution in [2.24, 2.45) is 5.92 Å². The molecule has 100 valence electrons. The molecule has 0 spiro atoms. The van der Waals surface area contributed by atoms with Gasteiger partial charge in [0.05, 0.1) is 11.6 Å². The smallest absolute Gasteiger partial charge is 0.281 e. The molecule has 0 saturated carbocycles. The maximum absolute atomic E-state index is 11.4. The van der Waals surface area contributed by atoms with E-state index in [2.05, 4.69) is 5.48 Å². The zero-order chi connectivity index (χ0) is 13.5. The van der Waals surface area contributed by atoms with E-state index in [4.69, 9.17) is 32.8 Å². The van der Waals surface area contributed by atoms with Crippen molar-refractivity contribution < 1.29 is 14.4 Å². The molecule has 0 unspecified atom stereocenters. The Hall–Kier alpha value is -0.970. The summed E-state index contributed by atoms with van der Waals surface area (Å²) in [7, 11) is 0. The van der Waals surface area contributed by atoms with Crippen LogP contribution in [0, 0.1) is 5.92 Å². The monoisotopic (exact) mass is 291 g/mol. The van der Waals surface area contributed by atoms with Crippen LogP contribution in [0.3, 0.4) is 0 Å². The number of amides is 1. The summed E-state index contributed by atoms with van der Waals surface area (Å²) < 4.78 is 5.23. The maximum atomic E-state index is 11.4. The third-order valence-corrected chi connectivity index (χ3v) is 2.40. The maximum Gasteiger partial charge on any atom is 0.281 e. The second-order valence-electron chi connectivity index (χ2n) is 4.09. The first kappa shape index (κ1) is 15.1. The number of hydrogen-bond acceptors (Lipinski definition) is 3. The number of rotatable bonds is 6. The molecule has 4 nitrogen and oxygen atoms in total. The normalized spacial score (nSPS) is 10.5. The zero-order valence-corrected chi connectivity index (χ0v) is 11.7. The van der Waals surface area contributed by atoms with Gasteiger partial charge >= 0.3 is 0 Å². The van der Waals surface area contributed by atoms with E-state index in [0.29, 0.717) is 28.3 Å². The number of carbonyl (C=O) groups is 1. The summed E-state index contributed by atoms with van der Waals surface area (Å²) in [5, 5.41) is 0.890. The predicted octanol–water partition coefficient (Wildman–Crippen LogP) is 3.08. The SMILES string of the molecule is CC(C)CONC(=O)COc1cc(Cl)ccc1Cl. The minimum Gasteiger partial charge on any atom is -0.482 e. The molecule has 0 aliphatic heterocycles. The summed E-state index contributed by atoms with van der Waals surface area (Å²) >= 11 is 11.7. The van der Waals surface area contributed by atoms with Crippen molar-refractivity contribution >= 4 is 29.1 Å². The van der Waals surface area contributed by atoms with Crippen LogP contribution in [0.25, 0.3) is 0 Å². The largest absolute Gasteiger partial charge is 0.482 e. The first-order valence-corrected chi connectivity index (χ1v) is 6.23. The number of nitrogens with one attached hydrogen (secondary N) is 1. The van der Waals surface area contributed by atoms with E-state index in [1.807, 2.05) is 13.8 Å². The topological polar surface area (TPSA) is 47.6 Å². The second kappa shape index (κ2) is 7.46. The average molecular weight is 292 g/mol. The van der Waals surface area contributed by atoms with Crippen LogP contribution in [0.2, 0.25) is 10.0 Å². The van der Waals surface area contributed by atoms with Crippen molar-refractivity contribution in [2.45, 2.75) is 13.8 Å². The third-order valence-electron chi connectivity index (χ3n) is 1.85. The van der Waals surface area contributed by atoms with Crippen molar-refractivity contribution in [3.63, 3.8) is 0 Å². The van der Waals surface area contributed by atoms with Gasteiger partial charge in [-0.1, -0.05) is 37.0 Å². The van der Waals surface area contributed by atoms with E-state index in [1.165, 1.54) is 0 Å². The molecule has 1 N–H and O–H groups in total. The Morgan fingerprint density at radius 2 is 2.11 bits per heavy atom. The lowest BCUT2D eigenvalue weighted by molar-refractivity contribution is -0.136. The van der Waals surface area contributed by atoms with Gasteiger partial charge < -0.3 is 4.74 Å². The summed E-state index contributed by atoms with van der Waals surface area (Å²) in [6.07, 6.45) is 0. The predicted molar refractivity (Wildman–Crippen MR) is 70.9 cm³/mol. The molecule has 6 heteroatoms. The van der Waals surface area contributed by atoms with E-state index < -0.39 is 0 Å². The van der Waals surface area contributed by atoms with Gasteiger partial charge in [-0.15, -0.1) is 0 Å². The van der Waals surface area contributed by atoms with Crippen LogP contribution < -0.4 is 10.2 Å². The fourth-order valence-electron chi connectivity index (χ4n) is 1.05. The molecule has 1 rings (SSSR count). The number of benzene rings is 1. The Labute approximate surface area is 116 Å². The first-order valence-electron chi connectivity index (χ1n) is 5.47. The van der Waals surface area contributed by atoms with Crippen molar-refractivity contribution in [1.82, 2.24) is 5.48 Å². The number of ether oxygens (including phenoxy) is 1. The molecular weight excluding hydrogens is 277 g/mol. The van der Waals surface area contributed by atoms with Gasteiger partial charge in [-0.3, -0.25) is 9.63 Å². The van der Waals surface area contributed by atoms with Gasteiger partial charge in [-0.25, -0.2) is 5.48 Å². The number of halogens is 2. The summed E-state index contributed by atoms with van der Waals surface area (Å²) in [6, 6.07) is 4.79. The van der Waals surface area contributed by atoms with Gasteiger partial charge in [0.25, 0.3) is 5.91 Å². The van der Waals surface area contributed by atoms with Gasteiger partial charge in [-0.2, -0.15) is 0 Å². The molecule has 0 aliphatic rings. The Bertz CT molecular complexity index is 410.